The Labute approximate surface area is 155 Å². The van der Waals surface area contributed by atoms with Crippen LogP contribution in [-0.4, -0.2) is 41.9 Å². The van der Waals surface area contributed by atoms with Crippen LogP contribution in [0.3, 0.4) is 0 Å². The average molecular weight is 369 g/mol. The minimum atomic E-state index is -0.828. The van der Waals surface area contributed by atoms with Crippen LogP contribution in [0.5, 0.6) is 17.2 Å². The number of hydrazone groups is 1. The maximum absolute atomic E-state index is 12.1. The first-order valence-electron chi connectivity index (χ1n) is 8.31. The number of aromatic hydroxyl groups is 1. The minimum absolute atomic E-state index is 0.0687. The second-order valence-electron chi connectivity index (χ2n) is 5.86. The molecule has 0 radical (unpaired) electrons. The molecular formula is C19H19N3O5. The largest absolute Gasteiger partial charge is 0.508 e. The summed E-state index contributed by atoms with van der Waals surface area (Å²) >= 11 is 0. The van der Waals surface area contributed by atoms with E-state index < -0.39 is 17.9 Å². The van der Waals surface area contributed by atoms with Gasteiger partial charge in [-0.3, -0.25) is 9.59 Å². The van der Waals surface area contributed by atoms with Crippen LogP contribution in [0, 0.1) is 0 Å². The van der Waals surface area contributed by atoms with Gasteiger partial charge in [0.05, 0.1) is 12.3 Å². The number of ether oxygens (including phenoxy) is 2. The Morgan fingerprint density at radius 1 is 1.19 bits per heavy atom. The second-order valence-corrected chi connectivity index (χ2v) is 5.86. The van der Waals surface area contributed by atoms with Crippen molar-refractivity contribution in [3.63, 3.8) is 0 Å². The number of carbonyl (C=O) groups excluding carboxylic acids is 2. The lowest BCUT2D eigenvalue weighted by molar-refractivity contribution is -0.132. The maximum Gasteiger partial charge on any atom is 0.265 e. The molecule has 2 aromatic carbocycles. The zero-order valence-corrected chi connectivity index (χ0v) is 14.6. The number of hydrogen-bond acceptors (Lipinski definition) is 6. The maximum atomic E-state index is 12.1. The quantitative estimate of drug-likeness (QED) is 0.542. The normalized spacial score (nSPS) is 15.7. The number of para-hydroxylation sites is 2. The second kappa shape index (κ2) is 8.22. The van der Waals surface area contributed by atoms with E-state index in [1.165, 1.54) is 6.07 Å². The predicted molar refractivity (Wildman–Crippen MR) is 97.8 cm³/mol. The molecule has 1 heterocycles. The van der Waals surface area contributed by atoms with E-state index in [9.17, 15) is 14.7 Å². The van der Waals surface area contributed by atoms with E-state index in [4.69, 9.17) is 9.47 Å². The third-order valence-corrected chi connectivity index (χ3v) is 3.84. The van der Waals surface area contributed by atoms with Crippen LogP contribution in [0.1, 0.15) is 12.5 Å². The van der Waals surface area contributed by atoms with Gasteiger partial charge in [-0.15, -0.1) is 0 Å². The molecule has 0 saturated carbocycles. The van der Waals surface area contributed by atoms with E-state index in [0.717, 1.165) is 0 Å². The zero-order valence-electron chi connectivity index (χ0n) is 14.6. The van der Waals surface area contributed by atoms with E-state index in [-0.39, 0.29) is 18.9 Å². The lowest BCUT2D eigenvalue weighted by atomic mass is 10.1. The van der Waals surface area contributed by atoms with Gasteiger partial charge in [0.2, 0.25) is 6.10 Å². The summed E-state index contributed by atoms with van der Waals surface area (Å²) in [5.41, 5.74) is 3.55. The number of fused-ring (bicyclic) bond motifs is 1. The molecule has 0 aromatic heterocycles. The van der Waals surface area contributed by atoms with Gasteiger partial charge in [-0.05, 0) is 31.2 Å². The molecule has 1 aliphatic heterocycles. The number of phenolic OH excluding ortho intramolecular Hbond substituents is 1. The minimum Gasteiger partial charge on any atom is -0.508 e. The third kappa shape index (κ3) is 4.75. The average Bonchev–Trinajstić information content (AvgIpc) is 2.69. The van der Waals surface area contributed by atoms with Crippen LogP contribution in [0.25, 0.3) is 0 Å². The molecule has 2 amide bonds. The Hall–Kier alpha value is -3.55. The summed E-state index contributed by atoms with van der Waals surface area (Å²) in [6.45, 7) is 1.51. The first-order chi connectivity index (χ1) is 13.0. The van der Waals surface area contributed by atoms with Crippen molar-refractivity contribution >= 4 is 17.5 Å². The van der Waals surface area contributed by atoms with E-state index in [2.05, 4.69) is 15.8 Å². The van der Waals surface area contributed by atoms with Crippen LogP contribution in [-0.2, 0) is 9.59 Å². The number of amides is 2. The number of phenols is 1. The van der Waals surface area contributed by atoms with E-state index in [0.29, 0.717) is 22.8 Å². The van der Waals surface area contributed by atoms with Crippen molar-refractivity contribution in [2.75, 3.05) is 13.2 Å². The van der Waals surface area contributed by atoms with Gasteiger partial charge in [-0.2, -0.15) is 5.10 Å². The van der Waals surface area contributed by atoms with Gasteiger partial charge in [0, 0.05) is 5.56 Å². The molecule has 140 valence electrons. The highest BCUT2D eigenvalue weighted by Crippen LogP contribution is 2.30. The fourth-order valence-corrected chi connectivity index (χ4v) is 2.41. The van der Waals surface area contributed by atoms with Gasteiger partial charge in [-0.25, -0.2) is 5.43 Å². The van der Waals surface area contributed by atoms with Gasteiger partial charge < -0.3 is 19.9 Å². The fourth-order valence-electron chi connectivity index (χ4n) is 2.41. The highest BCUT2D eigenvalue weighted by molar-refractivity contribution is 5.99. The van der Waals surface area contributed by atoms with Crippen molar-refractivity contribution in [2.24, 2.45) is 5.10 Å². The summed E-state index contributed by atoms with van der Waals surface area (Å²) in [6.07, 6.45) is -0.828. The first kappa shape index (κ1) is 18.2. The van der Waals surface area contributed by atoms with Crippen LogP contribution >= 0.6 is 0 Å². The van der Waals surface area contributed by atoms with Crippen LogP contribution in [0.2, 0.25) is 0 Å². The molecule has 0 fully saturated rings. The van der Waals surface area contributed by atoms with E-state index in [1.54, 1.807) is 43.3 Å². The fraction of sp³-hybridized carbons (Fsp3) is 0.211. The number of hydrogen-bond donors (Lipinski definition) is 3. The number of nitrogens with one attached hydrogen (secondary N) is 2. The summed E-state index contributed by atoms with van der Waals surface area (Å²) in [4.78, 5) is 24.0. The Bertz CT molecular complexity index is 881. The Balaban J connectivity index is 1.48. The van der Waals surface area contributed by atoms with E-state index >= 15 is 0 Å². The third-order valence-electron chi connectivity index (χ3n) is 3.84. The van der Waals surface area contributed by atoms with Crippen LogP contribution in [0.15, 0.2) is 53.6 Å². The van der Waals surface area contributed by atoms with Gasteiger partial charge in [-0.1, -0.05) is 24.3 Å². The molecule has 8 heteroatoms. The van der Waals surface area contributed by atoms with Crippen molar-refractivity contribution in [3.8, 4) is 17.2 Å². The smallest absolute Gasteiger partial charge is 0.265 e. The molecule has 1 unspecified atom stereocenters. The zero-order chi connectivity index (χ0) is 19.2. The van der Waals surface area contributed by atoms with Gasteiger partial charge >= 0.3 is 0 Å². The number of carbonyl (C=O) groups is 2. The lowest BCUT2D eigenvalue weighted by Crippen LogP contribution is -2.46. The molecule has 0 saturated heterocycles. The van der Waals surface area contributed by atoms with Gasteiger partial charge in [0.25, 0.3) is 11.8 Å². The molecular weight excluding hydrogens is 350 g/mol. The summed E-state index contributed by atoms with van der Waals surface area (Å²) in [5.74, 6) is 0.237. The summed E-state index contributed by atoms with van der Waals surface area (Å²) in [6, 6.07) is 13.6. The predicted octanol–water partition coefficient (Wildman–Crippen LogP) is 1.19. The Kier molecular flexibility index (Phi) is 5.55. The van der Waals surface area contributed by atoms with Crippen molar-refractivity contribution in [3.05, 3.63) is 54.1 Å². The molecule has 0 aliphatic carbocycles. The molecule has 1 aliphatic rings. The van der Waals surface area contributed by atoms with Crippen molar-refractivity contribution in [2.45, 2.75) is 13.0 Å². The first-order valence-corrected chi connectivity index (χ1v) is 8.31. The molecule has 1 atom stereocenters. The van der Waals surface area contributed by atoms with Gasteiger partial charge in [0.15, 0.2) is 11.5 Å². The molecule has 27 heavy (non-hydrogen) atoms. The lowest BCUT2D eigenvalue weighted by Gasteiger charge is -2.25. The topological polar surface area (TPSA) is 109 Å². The molecule has 0 spiro atoms. The molecule has 3 N–H and O–H groups in total. The summed E-state index contributed by atoms with van der Waals surface area (Å²) in [5, 5.41) is 15.9. The number of nitrogens with zero attached hydrogens (tertiary/aromatic N) is 1. The Morgan fingerprint density at radius 3 is 2.74 bits per heavy atom. The van der Waals surface area contributed by atoms with Crippen molar-refractivity contribution in [1.29, 1.82) is 0 Å². The van der Waals surface area contributed by atoms with E-state index in [1.807, 2.05) is 6.07 Å². The monoisotopic (exact) mass is 369 g/mol. The molecule has 8 nitrogen and oxygen atoms in total. The SMILES string of the molecule is C/C(=N\NC(=O)CNC(=O)C1COc2ccccc2O1)c1cccc(O)c1. The van der Waals surface area contributed by atoms with Crippen LogP contribution in [0.4, 0.5) is 0 Å². The standard InChI is InChI=1S/C19H19N3O5/c1-12(13-5-4-6-14(23)9-13)21-22-18(24)10-20-19(25)17-11-26-15-7-2-3-8-16(15)27-17/h2-9,17,23H,10-11H2,1H3,(H,20,25)(H,22,24)/b21-12+. The van der Waals surface area contributed by atoms with Crippen molar-refractivity contribution < 1.29 is 24.2 Å². The number of benzene rings is 2. The Morgan fingerprint density at radius 2 is 1.96 bits per heavy atom. The summed E-state index contributed by atoms with van der Waals surface area (Å²) in [7, 11) is 0. The summed E-state index contributed by atoms with van der Waals surface area (Å²) < 4.78 is 11.0. The molecule has 3 rings (SSSR count). The van der Waals surface area contributed by atoms with Crippen molar-refractivity contribution in [1.82, 2.24) is 10.7 Å². The highest BCUT2D eigenvalue weighted by atomic mass is 16.6. The number of rotatable bonds is 5. The molecule has 2 aromatic rings. The van der Waals surface area contributed by atoms with Crippen LogP contribution < -0.4 is 20.2 Å². The van der Waals surface area contributed by atoms with Gasteiger partial charge in [0.1, 0.15) is 12.4 Å². The molecule has 0 bridgehead atoms. The highest BCUT2D eigenvalue weighted by Gasteiger charge is 2.27.